The van der Waals surface area contributed by atoms with E-state index in [1.54, 1.807) is 0 Å². The fraction of sp³-hybridized carbons (Fsp3) is 0.429. The van der Waals surface area contributed by atoms with E-state index in [4.69, 9.17) is 16.3 Å². The van der Waals surface area contributed by atoms with Crippen molar-refractivity contribution in [2.24, 2.45) is 0 Å². The monoisotopic (exact) mass is 281 g/mol. The molecule has 1 aromatic carbocycles. The van der Waals surface area contributed by atoms with Gasteiger partial charge in [0.15, 0.2) is 5.78 Å². The highest BCUT2D eigenvalue weighted by Crippen LogP contribution is 2.29. The van der Waals surface area contributed by atoms with Gasteiger partial charge in [0.25, 0.3) is 0 Å². The maximum Gasteiger partial charge on any atom is 0.183 e. The highest BCUT2D eigenvalue weighted by molar-refractivity contribution is 6.31. The lowest BCUT2D eigenvalue weighted by Gasteiger charge is -2.23. The molecular weight excluding hydrogens is 269 g/mol. The molecule has 5 heteroatoms. The van der Waals surface area contributed by atoms with Gasteiger partial charge in [0.1, 0.15) is 17.8 Å². The number of carbonyl (C=O) groups excluding carboxylic acids is 1. The number of halogens is 2. The lowest BCUT2D eigenvalue weighted by Crippen LogP contribution is -2.32. The average molecular weight is 282 g/mol. The van der Waals surface area contributed by atoms with E-state index in [0.29, 0.717) is 18.6 Å². The quantitative estimate of drug-likeness (QED) is 0.855. The number of hydrogen-bond donors (Lipinski definition) is 0. The molecule has 1 aliphatic rings. The summed E-state index contributed by atoms with van der Waals surface area (Å²) in [6, 6.07) is 5.62. The second-order valence-corrected chi connectivity index (χ2v) is 4.89. The first-order chi connectivity index (χ1) is 9.13. The Morgan fingerprint density at radius 1 is 1.53 bits per heavy atom. The Kier molecular flexibility index (Phi) is 4.52. The van der Waals surface area contributed by atoms with E-state index in [9.17, 15) is 14.4 Å². The van der Waals surface area contributed by atoms with Crippen LogP contribution in [0.1, 0.15) is 30.7 Å². The Labute approximate surface area is 115 Å². The number of carbonyl (C=O) groups is 1. The summed E-state index contributed by atoms with van der Waals surface area (Å²) in [6.07, 6.45) is 1.90. The number of Topliss-reactive ketones (excluding diaryl/α,β-unsaturated/α-hetero) is 1. The van der Waals surface area contributed by atoms with Gasteiger partial charge in [-0.2, -0.15) is 5.26 Å². The smallest absolute Gasteiger partial charge is 0.183 e. The Balaban J connectivity index is 2.24. The summed E-state index contributed by atoms with van der Waals surface area (Å²) in [4.78, 5) is 12.3. The van der Waals surface area contributed by atoms with Crippen molar-refractivity contribution in [2.75, 3.05) is 6.61 Å². The zero-order valence-corrected chi connectivity index (χ0v) is 11.0. The average Bonchev–Trinajstić information content (AvgIpc) is 2.42. The van der Waals surface area contributed by atoms with Crippen molar-refractivity contribution >= 4 is 17.4 Å². The SMILES string of the molecule is N#CC(C(=O)C1CCCCO1)c1ccc(F)cc1Cl. The second-order valence-electron chi connectivity index (χ2n) is 4.49. The van der Waals surface area contributed by atoms with Crippen LogP contribution in [-0.4, -0.2) is 18.5 Å². The summed E-state index contributed by atoms with van der Waals surface area (Å²) in [5.41, 5.74) is 0.338. The van der Waals surface area contributed by atoms with Crippen molar-refractivity contribution in [3.05, 3.63) is 34.6 Å². The van der Waals surface area contributed by atoms with Crippen LogP contribution >= 0.6 is 11.6 Å². The topological polar surface area (TPSA) is 50.1 Å². The van der Waals surface area contributed by atoms with Crippen molar-refractivity contribution in [3.8, 4) is 6.07 Å². The van der Waals surface area contributed by atoms with E-state index in [-0.39, 0.29) is 10.8 Å². The van der Waals surface area contributed by atoms with Crippen LogP contribution in [0.15, 0.2) is 18.2 Å². The predicted molar refractivity (Wildman–Crippen MR) is 68.4 cm³/mol. The summed E-state index contributed by atoms with van der Waals surface area (Å²) in [6.45, 7) is 0.533. The summed E-state index contributed by atoms with van der Waals surface area (Å²) >= 11 is 5.90. The molecule has 100 valence electrons. The Hall–Kier alpha value is -1.44. The minimum Gasteiger partial charge on any atom is -0.370 e. The Bertz CT molecular complexity index is 521. The van der Waals surface area contributed by atoms with Crippen LogP contribution in [-0.2, 0) is 9.53 Å². The molecule has 0 amide bonds. The van der Waals surface area contributed by atoms with Gasteiger partial charge in [-0.3, -0.25) is 4.79 Å². The number of ketones is 1. The first kappa shape index (κ1) is 14.0. The molecule has 0 saturated carbocycles. The number of rotatable bonds is 3. The number of nitriles is 1. The molecule has 1 fully saturated rings. The molecule has 3 nitrogen and oxygen atoms in total. The molecule has 1 saturated heterocycles. The summed E-state index contributed by atoms with van der Waals surface area (Å²) < 4.78 is 18.4. The molecule has 19 heavy (non-hydrogen) atoms. The zero-order chi connectivity index (χ0) is 13.8. The molecule has 1 aliphatic heterocycles. The number of nitrogens with zero attached hydrogens (tertiary/aromatic N) is 1. The molecule has 2 atom stereocenters. The molecule has 0 spiro atoms. The van der Waals surface area contributed by atoms with Crippen LogP contribution in [0.4, 0.5) is 4.39 Å². The maximum absolute atomic E-state index is 13.0. The van der Waals surface area contributed by atoms with Crippen LogP contribution in [0, 0.1) is 17.1 Å². The molecule has 0 bridgehead atoms. The highest BCUT2D eigenvalue weighted by Gasteiger charge is 2.31. The van der Waals surface area contributed by atoms with Gasteiger partial charge < -0.3 is 4.74 Å². The summed E-state index contributed by atoms with van der Waals surface area (Å²) in [5, 5.41) is 9.29. The van der Waals surface area contributed by atoms with E-state index in [2.05, 4.69) is 0 Å². The molecule has 0 aromatic heterocycles. The minimum atomic E-state index is -1.00. The van der Waals surface area contributed by atoms with E-state index in [0.717, 1.165) is 18.9 Å². The lowest BCUT2D eigenvalue weighted by atomic mass is 9.90. The van der Waals surface area contributed by atoms with Crippen molar-refractivity contribution in [2.45, 2.75) is 31.3 Å². The molecule has 0 N–H and O–H groups in total. The van der Waals surface area contributed by atoms with E-state index in [1.807, 2.05) is 6.07 Å². The summed E-state index contributed by atoms with van der Waals surface area (Å²) in [7, 11) is 0. The standard InChI is InChI=1S/C14H13ClFNO2/c15-12-7-9(16)4-5-10(12)11(8-17)14(18)13-3-1-2-6-19-13/h4-5,7,11,13H,1-3,6H2. The van der Waals surface area contributed by atoms with Gasteiger partial charge in [0.2, 0.25) is 0 Å². The highest BCUT2D eigenvalue weighted by atomic mass is 35.5. The molecule has 1 heterocycles. The van der Waals surface area contributed by atoms with Crippen molar-refractivity contribution in [1.29, 1.82) is 5.26 Å². The predicted octanol–water partition coefficient (Wildman–Crippen LogP) is 3.22. The molecule has 0 aliphatic carbocycles. The van der Waals surface area contributed by atoms with Gasteiger partial charge in [-0.15, -0.1) is 0 Å². The van der Waals surface area contributed by atoms with Crippen LogP contribution < -0.4 is 0 Å². The molecule has 2 unspecified atom stereocenters. The minimum absolute atomic E-state index is 0.0932. The van der Waals surface area contributed by atoms with Crippen LogP contribution in [0.2, 0.25) is 5.02 Å². The van der Waals surface area contributed by atoms with Gasteiger partial charge in [-0.05, 0) is 37.0 Å². The molecule has 2 rings (SSSR count). The van der Waals surface area contributed by atoms with Gasteiger partial charge in [0.05, 0.1) is 6.07 Å². The largest absolute Gasteiger partial charge is 0.370 e. The van der Waals surface area contributed by atoms with Crippen LogP contribution in [0.3, 0.4) is 0 Å². The third-order valence-corrected chi connectivity index (χ3v) is 3.51. The fourth-order valence-corrected chi connectivity index (χ4v) is 2.45. The van der Waals surface area contributed by atoms with Gasteiger partial charge in [-0.25, -0.2) is 4.39 Å². The molecular formula is C14H13ClFNO2. The lowest BCUT2D eigenvalue weighted by molar-refractivity contribution is -0.133. The van der Waals surface area contributed by atoms with Crippen LogP contribution in [0.5, 0.6) is 0 Å². The molecule has 1 aromatic rings. The zero-order valence-electron chi connectivity index (χ0n) is 10.2. The second kappa shape index (κ2) is 6.14. The number of ether oxygens (including phenoxy) is 1. The van der Waals surface area contributed by atoms with Crippen molar-refractivity contribution < 1.29 is 13.9 Å². The first-order valence-electron chi connectivity index (χ1n) is 6.13. The van der Waals surface area contributed by atoms with Gasteiger partial charge in [0, 0.05) is 11.6 Å². The fourth-order valence-electron chi connectivity index (χ4n) is 2.17. The first-order valence-corrected chi connectivity index (χ1v) is 6.51. The third-order valence-electron chi connectivity index (χ3n) is 3.18. The summed E-state index contributed by atoms with van der Waals surface area (Å²) in [5.74, 6) is -1.79. The van der Waals surface area contributed by atoms with Crippen molar-refractivity contribution in [1.82, 2.24) is 0 Å². The van der Waals surface area contributed by atoms with E-state index in [1.165, 1.54) is 12.1 Å². The van der Waals surface area contributed by atoms with Crippen LogP contribution in [0.25, 0.3) is 0 Å². The normalized spacial score (nSPS) is 20.6. The Morgan fingerprint density at radius 2 is 2.32 bits per heavy atom. The van der Waals surface area contributed by atoms with Gasteiger partial charge >= 0.3 is 0 Å². The number of benzene rings is 1. The third kappa shape index (κ3) is 3.12. The number of hydrogen-bond acceptors (Lipinski definition) is 3. The van der Waals surface area contributed by atoms with E-state index < -0.39 is 17.8 Å². The Morgan fingerprint density at radius 3 is 2.89 bits per heavy atom. The van der Waals surface area contributed by atoms with Crippen molar-refractivity contribution in [3.63, 3.8) is 0 Å². The van der Waals surface area contributed by atoms with Gasteiger partial charge in [-0.1, -0.05) is 17.7 Å². The molecule has 0 radical (unpaired) electrons. The van der Waals surface area contributed by atoms with E-state index >= 15 is 0 Å². The maximum atomic E-state index is 13.0.